The highest BCUT2D eigenvalue weighted by Gasteiger charge is 2.30. The van der Waals surface area contributed by atoms with Crippen molar-refractivity contribution in [3.05, 3.63) is 64.6 Å². The summed E-state index contributed by atoms with van der Waals surface area (Å²) in [6.07, 6.45) is 6.99. The smallest absolute Gasteiger partial charge is 0.265 e. The van der Waals surface area contributed by atoms with Crippen molar-refractivity contribution in [2.75, 3.05) is 37.6 Å². The van der Waals surface area contributed by atoms with E-state index in [9.17, 15) is 9.59 Å². The minimum absolute atomic E-state index is 0.0294. The molecule has 5 nitrogen and oxygen atoms in total. The third-order valence-corrected chi connectivity index (χ3v) is 7.04. The van der Waals surface area contributed by atoms with Gasteiger partial charge in [0.15, 0.2) is 0 Å². The van der Waals surface area contributed by atoms with Gasteiger partial charge in [-0.05, 0) is 56.6 Å². The zero-order valence-electron chi connectivity index (χ0n) is 18.7. The molecule has 0 saturated carbocycles. The molecule has 2 aliphatic heterocycles. The molecule has 0 spiro atoms. The molecule has 2 amide bonds. The summed E-state index contributed by atoms with van der Waals surface area (Å²) in [5.74, 6) is -0.249. The predicted octanol–water partition coefficient (Wildman–Crippen LogP) is 4.47. The van der Waals surface area contributed by atoms with Crippen LogP contribution in [0.4, 0.5) is 5.69 Å². The molecule has 0 radical (unpaired) electrons. The quantitative estimate of drug-likeness (QED) is 0.662. The summed E-state index contributed by atoms with van der Waals surface area (Å²) in [5.41, 5.74) is 2.96. The van der Waals surface area contributed by atoms with E-state index in [1.54, 1.807) is 4.90 Å². The SMILES string of the molecule is Cc1ccc(C=C2Sc3ccccc3N(CC(=O)NCCN3CCCCCC3)C2=O)cc1. The number of likely N-dealkylation sites (tertiary alicyclic amines) is 1. The molecule has 0 aliphatic carbocycles. The zero-order valence-corrected chi connectivity index (χ0v) is 19.5. The number of para-hydroxylation sites is 1. The summed E-state index contributed by atoms with van der Waals surface area (Å²) in [6.45, 7) is 5.77. The minimum Gasteiger partial charge on any atom is -0.353 e. The van der Waals surface area contributed by atoms with Gasteiger partial charge in [-0.2, -0.15) is 0 Å². The Morgan fingerprint density at radius 3 is 2.50 bits per heavy atom. The Labute approximate surface area is 194 Å². The molecule has 1 fully saturated rings. The minimum atomic E-state index is -0.128. The molecule has 2 heterocycles. The molecule has 0 unspecified atom stereocenters. The Hall–Kier alpha value is -2.57. The second-order valence-electron chi connectivity index (χ2n) is 8.49. The molecule has 0 atom stereocenters. The molecule has 0 aromatic heterocycles. The Morgan fingerprint density at radius 2 is 1.75 bits per heavy atom. The number of aryl methyl sites for hydroxylation is 1. The van der Waals surface area contributed by atoms with E-state index < -0.39 is 0 Å². The lowest BCUT2D eigenvalue weighted by molar-refractivity contribution is -0.122. The van der Waals surface area contributed by atoms with Crippen LogP contribution in [0.15, 0.2) is 58.3 Å². The molecular formula is C26H31N3O2S. The molecule has 2 aromatic carbocycles. The maximum absolute atomic E-state index is 13.3. The predicted molar refractivity (Wildman–Crippen MR) is 132 cm³/mol. The maximum Gasteiger partial charge on any atom is 0.265 e. The normalized spacial score (nSPS) is 18.3. The van der Waals surface area contributed by atoms with Crippen molar-refractivity contribution in [2.24, 2.45) is 0 Å². The van der Waals surface area contributed by atoms with Gasteiger partial charge < -0.3 is 10.2 Å². The summed E-state index contributed by atoms with van der Waals surface area (Å²) in [6, 6.07) is 15.9. The van der Waals surface area contributed by atoms with E-state index in [4.69, 9.17) is 0 Å². The number of nitrogens with one attached hydrogen (secondary N) is 1. The van der Waals surface area contributed by atoms with E-state index in [-0.39, 0.29) is 18.4 Å². The van der Waals surface area contributed by atoms with Crippen molar-refractivity contribution < 1.29 is 9.59 Å². The van der Waals surface area contributed by atoms with Gasteiger partial charge in [-0.15, -0.1) is 0 Å². The highest BCUT2D eigenvalue weighted by molar-refractivity contribution is 8.04. The van der Waals surface area contributed by atoms with Crippen LogP contribution >= 0.6 is 11.8 Å². The summed E-state index contributed by atoms with van der Waals surface area (Å²) in [5, 5.41) is 3.02. The van der Waals surface area contributed by atoms with Crippen LogP contribution in [-0.4, -0.2) is 49.4 Å². The lowest BCUT2D eigenvalue weighted by Gasteiger charge is -2.30. The van der Waals surface area contributed by atoms with E-state index in [2.05, 4.69) is 10.2 Å². The fourth-order valence-electron chi connectivity index (χ4n) is 4.15. The van der Waals surface area contributed by atoms with Gasteiger partial charge in [-0.25, -0.2) is 0 Å². The molecule has 1 saturated heterocycles. The number of benzene rings is 2. The molecule has 0 bridgehead atoms. The number of fused-ring (bicyclic) bond motifs is 1. The standard InChI is InChI=1S/C26H31N3O2S/c1-20-10-12-21(13-11-20)18-24-26(31)29(22-8-4-5-9-23(22)32-24)19-25(30)27-14-17-28-15-6-2-3-7-16-28/h4-5,8-13,18H,2-3,6-7,14-17,19H2,1H3,(H,27,30). The number of anilines is 1. The summed E-state index contributed by atoms with van der Waals surface area (Å²) >= 11 is 1.47. The van der Waals surface area contributed by atoms with Crippen molar-refractivity contribution in [1.29, 1.82) is 0 Å². The Balaban J connectivity index is 1.43. The molecule has 2 aromatic rings. The van der Waals surface area contributed by atoms with Crippen molar-refractivity contribution >= 4 is 35.3 Å². The molecule has 1 N–H and O–H groups in total. The average Bonchev–Trinajstić information content (AvgIpc) is 3.07. The molecule has 168 valence electrons. The number of rotatable bonds is 6. The van der Waals surface area contributed by atoms with Crippen LogP contribution in [0.2, 0.25) is 0 Å². The second-order valence-corrected chi connectivity index (χ2v) is 9.57. The van der Waals surface area contributed by atoms with Crippen LogP contribution < -0.4 is 10.2 Å². The van der Waals surface area contributed by atoms with Gasteiger partial charge in [-0.3, -0.25) is 14.5 Å². The van der Waals surface area contributed by atoms with Crippen molar-refractivity contribution in [1.82, 2.24) is 10.2 Å². The first-order chi connectivity index (χ1) is 15.6. The Kier molecular flexibility index (Phi) is 7.66. The van der Waals surface area contributed by atoms with Crippen LogP contribution in [0.25, 0.3) is 6.08 Å². The van der Waals surface area contributed by atoms with Crippen molar-refractivity contribution in [3.8, 4) is 0 Å². The second kappa shape index (κ2) is 10.8. The third kappa shape index (κ3) is 5.81. The topological polar surface area (TPSA) is 52.7 Å². The van der Waals surface area contributed by atoms with Crippen LogP contribution in [0.3, 0.4) is 0 Å². The zero-order chi connectivity index (χ0) is 22.3. The Morgan fingerprint density at radius 1 is 1.03 bits per heavy atom. The highest BCUT2D eigenvalue weighted by atomic mass is 32.2. The lowest BCUT2D eigenvalue weighted by atomic mass is 10.1. The monoisotopic (exact) mass is 449 g/mol. The van der Waals surface area contributed by atoms with Crippen LogP contribution in [-0.2, 0) is 9.59 Å². The van der Waals surface area contributed by atoms with E-state index in [0.29, 0.717) is 11.4 Å². The Bertz CT molecular complexity index is 979. The summed E-state index contributed by atoms with van der Waals surface area (Å²) in [7, 11) is 0. The van der Waals surface area contributed by atoms with Crippen LogP contribution in [0.5, 0.6) is 0 Å². The summed E-state index contributed by atoms with van der Waals surface area (Å²) in [4.78, 5) is 31.7. The van der Waals surface area contributed by atoms with Crippen LogP contribution in [0, 0.1) is 6.92 Å². The van der Waals surface area contributed by atoms with Gasteiger partial charge in [0.1, 0.15) is 6.54 Å². The first-order valence-corrected chi connectivity index (χ1v) is 12.3. The number of carbonyl (C=O) groups is 2. The number of amides is 2. The first-order valence-electron chi connectivity index (χ1n) is 11.5. The van der Waals surface area contributed by atoms with Crippen LogP contribution in [0.1, 0.15) is 36.8 Å². The van der Waals surface area contributed by atoms with E-state index in [1.807, 2.05) is 61.5 Å². The number of carbonyl (C=O) groups excluding carboxylic acids is 2. The first kappa shape index (κ1) is 22.6. The number of hydrogen-bond acceptors (Lipinski definition) is 4. The molecule has 4 rings (SSSR count). The van der Waals surface area contributed by atoms with E-state index >= 15 is 0 Å². The largest absolute Gasteiger partial charge is 0.353 e. The van der Waals surface area contributed by atoms with Gasteiger partial charge in [-0.1, -0.05) is 66.6 Å². The van der Waals surface area contributed by atoms with Gasteiger partial charge in [0.25, 0.3) is 5.91 Å². The molecular weight excluding hydrogens is 418 g/mol. The summed E-state index contributed by atoms with van der Waals surface area (Å²) < 4.78 is 0. The highest BCUT2D eigenvalue weighted by Crippen LogP contribution is 2.41. The fourth-order valence-corrected chi connectivity index (χ4v) is 5.20. The number of thioether (sulfide) groups is 1. The van der Waals surface area contributed by atoms with Gasteiger partial charge in [0.2, 0.25) is 5.91 Å². The van der Waals surface area contributed by atoms with Crippen molar-refractivity contribution in [3.63, 3.8) is 0 Å². The van der Waals surface area contributed by atoms with Crippen molar-refractivity contribution in [2.45, 2.75) is 37.5 Å². The van der Waals surface area contributed by atoms with Gasteiger partial charge in [0, 0.05) is 18.0 Å². The maximum atomic E-state index is 13.3. The van der Waals surface area contributed by atoms with Gasteiger partial charge >= 0.3 is 0 Å². The number of nitrogens with zero attached hydrogens (tertiary/aromatic N) is 2. The lowest BCUT2D eigenvalue weighted by Crippen LogP contribution is -2.44. The number of hydrogen-bond donors (Lipinski definition) is 1. The third-order valence-electron chi connectivity index (χ3n) is 5.96. The average molecular weight is 450 g/mol. The molecule has 6 heteroatoms. The molecule has 2 aliphatic rings. The molecule has 32 heavy (non-hydrogen) atoms. The van der Waals surface area contributed by atoms with E-state index in [1.165, 1.54) is 43.0 Å². The van der Waals surface area contributed by atoms with Gasteiger partial charge in [0.05, 0.1) is 10.6 Å². The fraction of sp³-hybridized carbons (Fsp3) is 0.385. The van der Waals surface area contributed by atoms with E-state index in [0.717, 1.165) is 35.8 Å².